The van der Waals surface area contributed by atoms with E-state index < -0.39 is 0 Å². The van der Waals surface area contributed by atoms with E-state index in [4.69, 9.17) is 0 Å². The summed E-state index contributed by atoms with van der Waals surface area (Å²) in [7, 11) is 4.03. The van der Waals surface area contributed by atoms with Crippen molar-refractivity contribution in [2.24, 2.45) is 0 Å². The molecular weight excluding hydrogens is 322 g/mol. The van der Waals surface area contributed by atoms with Gasteiger partial charge < -0.3 is 10.2 Å². The standard InChI is InChI=1S/C17H19N5OS/c1-21(2)16(14-7-8-24-10-14)9-19-17(23)13-3-5-15(6-4-13)22-12-18-11-20-22/h3-8,10-12,16H,9H2,1-2H3,(H,19,23)/t16-/m1/s1. The Morgan fingerprint density at radius 1 is 1.29 bits per heavy atom. The Balaban J connectivity index is 1.64. The SMILES string of the molecule is CN(C)[C@H](CNC(=O)c1ccc(-n2cncn2)cc1)c1ccsc1. The molecule has 0 spiro atoms. The molecular formula is C17H19N5OS. The average Bonchev–Trinajstić information content (AvgIpc) is 3.28. The number of nitrogens with zero attached hydrogens (tertiary/aromatic N) is 4. The molecule has 0 aliphatic carbocycles. The number of hydrogen-bond acceptors (Lipinski definition) is 5. The maximum absolute atomic E-state index is 12.4. The first-order valence-electron chi connectivity index (χ1n) is 7.57. The summed E-state index contributed by atoms with van der Waals surface area (Å²) in [4.78, 5) is 18.4. The zero-order valence-electron chi connectivity index (χ0n) is 13.6. The van der Waals surface area contributed by atoms with Gasteiger partial charge in [0.05, 0.1) is 11.7 Å². The number of benzene rings is 1. The molecule has 0 aliphatic heterocycles. The van der Waals surface area contributed by atoms with Gasteiger partial charge in [-0.05, 0) is 60.8 Å². The summed E-state index contributed by atoms with van der Waals surface area (Å²) in [6.45, 7) is 0.563. The summed E-state index contributed by atoms with van der Waals surface area (Å²) in [6.07, 6.45) is 3.10. The van der Waals surface area contributed by atoms with E-state index in [9.17, 15) is 4.79 Å². The fourth-order valence-corrected chi connectivity index (χ4v) is 3.17. The van der Waals surface area contributed by atoms with Crippen molar-refractivity contribution in [1.82, 2.24) is 25.0 Å². The number of carbonyl (C=O) groups excluding carboxylic acids is 1. The third kappa shape index (κ3) is 3.69. The first-order chi connectivity index (χ1) is 11.6. The van der Waals surface area contributed by atoms with Gasteiger partial charge in [-0.15, -0.1) is 0 Å². The Morgan fingerprint density at radius 2 is 2.08 bits per heavy atom. The van der Waals surface area contributed by atoms with Crippen LogP contribution in [0.2, 0.25) is 0 Å². The zero-order chi connectivity index (χ0) is 16.9. The molecule has 7 heteroatoms. The minimum Gasteiger partial charge on any atom is -0.350 e. The first-order valence-corrected chi connectivity index (χ1v) is 8.51. The van der Waals surface area contributed by atoms with Crippen molar-refractivity contribution < 1.29 is 4.79 Å². The second kappa shape index (κ2) is 7.37. The Labute approximate surface area is 144 Å². The molecule has 0 fully saturated rings. The van der Waals surface area contributed by atoms with E-state index in [1.54, 1.807) is 34.5 Å². The molecule has 0 bridgehead atoms. The number of nitrogens with one attached hydrogen (secondary N) is 1. The fraction of sp³-hybridized carbons (Fsp3) is 0.235. The molecule has 24 heavy (non-hydrogen) atoms. The van der Waals surface area contributed by atoms with Crippen LogP contribution in [0, 0.1) is 0 Å². The lowest BCUT2D eigenvalue weighted by Gasteiger charge is -2.24. The number of likely N-dealkylation sites (N-methyl/N-ethyl adjacent to an activating group) is 1. The van der Waals surface area contributed by atoms with Crippen LogP contribution in [0.3, 0.4) is 0 Å². The average molecular weight is 341 g/mol. The molecule has 0 radical (unpaired) electrons. The van der Waals surface area contributed by atoms with E-state index in [0.29, 0.717) is 12.1 Å². The van der Waals surface area contributed by atoms with Crippen LogP contribution in [0.25, 0.3) is 5.69 Å². The van der Waals surface area contributed by atoms with Crippen LogP contribution in [-0.2, 0) is 0 Å². The molecule has 0 unspecified atom stereocenters. The normalized spacial score (nSPS) is 12.3. The molecule has 6 nitrogen and oxygen atoms in total. The highest BCUT2D eigenvalue weighted by molar-refractivity contribution is 7.07. The van der Waals surface area contributed by atoms with Gasteiger partial charge in [0.25, 0.3) is 5.91 Å². The molecule has 3 aromatic rings. The number of rotatable bonds is 6. The van der Waals surface area contributed by atoms with Crippen LogP contribution in [0.4, 0.5) is 0 Å². The smallest absolute Gasteiger partial charge is 0.251 e. The molecule has 0 saturated carbocycles. The van der Waals surface area contributed by atoms with Gasteiger partial charge >= 0.3 is 0 Å². The van der Waals surface area contributed by atoms with Crippen molar-refractivity contribution in [3.05, 3.63) is 64.9 Å². The zero-order valence-corrected chi connectivity index (χ0v) is 14.4. The van der Waals surface area contributed by atoms with E-state index in [1.165, 1.54) is 11.9 Å². The van der Waals surface area contributed by atoms with Crippen LogP contribution in [0.15, 0.2) is 53.7 Å². The van der Waals surface area contributed by atoms with Crippen molar-refractivity contribution in [3.63, 3.8) is 0 Å². The molecule has 1 amide bonds. The van der Waals surface area contributed by atoms with Gasteiger partial charge in [-0.3, -0.25) is 4.79 Å². The summed E-state index contributed by atoms with van der Waals surface area (Å²) in [5, 5.41) is 11.2. The molecule has 124 valence electrons. The predicted octanol–water partition coefficient (Wildman–Crippen LogP) is 2.36. The topological polar surface area (TPSA) is 63.1 Å². The Hall–Kier alpha value is -2.51. The third-order valence-corrected chi connectivity index (χ3v) is 4.52. The van der Waals surface area contributed by atoms with Gasteiger partial charge in [-0.2, -0.15) is 16.4 Å². The van der Waals surface area contributed by atoms with Crippen molar-refractivity contribution in [2.75, 3.05) is 20.6 Å². The number of amides is 1. The Kier molecular flexibility index (Phi) is 5.02. The maximum atomic E-state index is 12.4. The number of aromatic nitrogens is 3. The number of thiophene rings is 1. The molecule has 2 aromatic heterocycles. The summed E-state index contributed by atoms with van der Waals surface area (Å²) in [6, 6.07) is 9.55. The van der Waals surface area contributed by atoms with Gasteiger partial charge in [0, 0.05) is 12.1 Å². The maximum Gasteiger partial charge on any atom is 0.251 e. The molecule has 1 N–H and O–H groups in total. The fourth-order valence-electron chi connectivity index (χ4n) is 2.46. The Morgan fingerprint density at radius 3 is 2.67 bits per heavy atom. The van der Waals surface area contributed by atoms with Gasteiger partial charge in [0.2, 0.25) is 0 Å². The summed E-state index contributed by atoms with van der Waals surface area (Å²) in [5.41, 5.74) is 2.71. The Bertz CT molecular complexity index is 766. The van der Waals surface area contributed by atoms with Gasteiger partial charge in [-0.1, -0.05) is 0 Å². The summed E-state index contributed by atoms with van der Waals surface area (Å²) in [5.74, 6) is -0.0813. The van der Waals surface area contributed by atoms with Gasteiger partial charge in [0.15, 0.2) is 0 Å². The van der Waals surface area contributed by atoms with E-state index in [1.807, 2.05) is 26.2 Å². The van der Waals surface area contributed by atoms with Crippen LogP contribution >= 0.6 is 11.3 Å². The van der Waals surface area contributed by atoms with Crippen LogP contribution in [0.1, 0.15) is 22.0 Å². The van der Waals surface area contributed by atoms with Crippen molar-refractivity contribution in [1.29, 1.82) is 0 Å². The minimum absolute atomic E-state index is 0.0813. The third-order valence-electron chi connectivity index (χ3n) is 3.82. The molecule has 0 saturated heterocycles. The highest BCUT2D eigenvalue weighted by atomic mass is 32.1. The van der Waals surface area contributed by atoms with Crippen molar-refractivity contribution in [3.8, 4) is 5.69 Å². The lowest BCUT2D eigenvalue weighted by molar-refractivity contribution is 0.0942. The van der Waals surface area contributed by atoms with E-state index in [2.05, 4.69) is 37.1 Å². The molecule has 1 aromatic carbocycles. The molecule has 1 atom stereocenters. The second-order valence-corrected chi connectivity index (χ2v) is 6.41. The quantitative estimate of drug-likeness (QED) is 0.748. The summed E-state index contributed by atoms with van der Waals surface area (Å²) < 4.78 is 1.65. The lowest BCUT2D eigenvalue weighted by atomic mass is 10.1. The lowest BCUT2D eigenvalue weighted by Crippen LogP contribution is -2.34. The highest BCUT2D eigenvalue weighted by Crippen LogP contribution is 2.20. The number of hydrogen-bond donors (Lipinski definition) is 1. The largest absolute Gasteiger partial charge is 0.350 e. The van der Waals surface area contributed by atoms with E-state index in [0.717, 1.165) is 5.69 Å². The van der Waals surface area contributed by atoms with E-state index >= 15 is 0 Å². The van der Waals surface area contributed by atoms with Gasteiger partial charge in [0.1, 0.15) is 12.7 Å². The predicted molar refractivity (Wildman–Crippen MR) is 94.4 cm³/mol. The first kappa shape index (κ1) is 16.4. The van der Waals surface area contributed by atoms with Crippen LogP contribution < -0.4 is 5.32 Å². The molecule has 2 heterocycles. The highest BCUT2D eigenvalue weighted by Gasteiger charge is 2.16. The van der Waals surface area contributed by atoms with E-state index in [-0.39, 0.29) is 11.9 Å². The number of carbonyl (C=O) groups is 1. The summed E-state index contributed by atoms with van der Waals surface area (Å²) >= 11 is 1.66. The van der Waals surface area contributed by atoms with Crippen LogP contribution in [0.5, 0.6) is 0 Å². The van der Waals surface area contributed by atoms with Gasteiger partial charge in [-0.25, -0.2) is 9.67 Å². The molecule has 0 aliphatic rings. The second-order valence-electron chi connectivity index (χ2n) is 5.63. The minimum atomic E-state index is -0.0813. The van der Waals surface area contributed by atoms with Crippen molar-refractivity contribution in [2.45, 2.75) is 6.04 Å². The molecule has 3 rings (SSSR count). The monoisotopic (exact) mass is 341 g/mol. The van der Waals surface area contributed by atoms with Crippen LogP contribution in [-0.4, -0.2) is 46.2 Å². The van der Waals surface area contributed by atoms with Crippen molar-refractivity contribution >= 4 is 17.2 Å².